The molecule has 1 N–H and O–H groups in total. The van der Waals surface area contributed by atoms with Crippen molar-refractivity contribution in [3.05, 3.63) is 70.8 Å². The maximum absolute atomic E-state index is 13.7. The van der Waals surface area contributed by atoms with E-state index in [4.69, 9.17) is 0 Å². The van der Waals surface area contributed by atoms with Gasteiger partial charge >= 0.3 is 0 Å². The Labute approximate surface area is 117 Å². The van der Waals surface area contributed by atoms with Crippen molar-refractivity contribution in [2.45, 2.75) is 25.3 Å². The Morgan fingerprint density at radius 2 is 1.80 bits per heavy atom. The van der Waals surface area contributed by atoms with Gasteiger partial charge in [0.15, 0.2) is 0 Å². The number of fused-ring (bicyclic) bond motifs is 1. The first-order valence-electron chi connectivity index (χ1n) is 6.92. The highest BCUT2D eigenvalue weighted by Gasteiger charge is 2.26. The summed E-state index contributed by atoms with van der Waals surface area (Å²) >= 11 is 0. The molecule has 0 heterocycles. The second-order valence-electron chi connectivity index (χ2n) is 5.37. The van der Waals surface area contributed by atoms with E-state index >= 15 is 0 Å². The number of halogens is 2. The van der Waals surface area contributed by atoms with E-state index in [9.17, 15) is 8.78 Å². The minimum Gasteiger partial charge on any atom is -0.309 e. The Hall–Kier alpha value is -1.74. The number of benzene rings is 2. The third-order valence-electron chi connectivity index (χ3n) is 4.06. The Morgan fingerprint density at radius 1 is 1.10 bits per heavy atom. The molecule has 1 aliphatic carbocycles. The average molecular weight is 273 g/mol. The van der Waals surface area contributed by atoms with Gasteiger partial charge in [-0.2, -0.15) is 0 Å². The Morgan fingerprint density at radius 3 is 2.50 bits per heavy atom. The van der Waals surface area contributed by atoms with E-state index in [0.717, 1.165) is 13.0 Å². The lowest BCUT2D eigenvalue weighted by molar-refractivity contribution is 0.454. The molecule has 2 aromatic rings. The Kier molecular flexibility index (Phi) is 3.53. The first-order valence-corrected chi connectivity index (χ1v) is 6.92. The van der Waals surface area contributed by atoms with Crippen LogP contribution >= 0.6 is 0 Å². The topological polar surface area (TPSA) is 12.0 Å². The van der Waals surface area contributed by atoms with Gasteiger partial charge in [0, 0.05) is 24.1 Å². The average Bonchev–Trinajstić information content (AvgIpc) is 2.39. The second kappa shape index (κ2) is 5.33. The molecule has 0 aliphatic heterocycles. The van der Waals surface area contributed by atoms with Gasteiger partial charge < -0.3 is 5.32 Å². The quantitative estimate of drug-likeness (QED) is 0.889. The van der Waals surface area contributed by atoms with Gasteiger partial charge in [-0.25, -0.2) is 8.78 Å². The molecule has 0 spiro atoms. The van der Waals surface area contributed by atoms with E-state index in [0.29, 0.717) is 5.92 Å². The second-order valence-corrected chi connectivity index (χ2v) is 5.37. The normalized spacial score (nSPS) is 18.2. The predicted octanol–water partition coefficient (Wildman–Crippen LogP) is 3.96. The van der Waals surface area contributed by atoms with Crippen LogP contribution in [0, 0.1) is 11.6 Å². The molecule has 104 valence electrons. The van der Waals surface area contributed by atoms with Crippen LogP contribution in [0.5, 0.6) is 0 Å². The van der Waals surface area contributed by atoms with Crippen LogP contribution in [0.4, 0.5) is 8.78 Å². The molecular weight excluding hydrogens is 256 g/mol. The summed E-state index contributed by atoms with van der Waals surface area (Å²) in [6.45, 7) is 2.54. The van der Waals surface area contributed by atoms with Crippen LogP contribution in [0.1, 0.15) is 35.6 Å². The van der Waals surface area contributed by atoms with Crippen molar-refractivity contribution in [1.29, 1.82) is 0 Å². The first-order chi connectivity index (χ1) is 9.66. The van der Waals surface area contributed by atoms with Crippen LogP contribution in [-0.2, 0) is 6.42 Å². The van der Waals surface area contributed by atoms with Crippen LogP contribution in [0.3, 0.4) is 0 Å². The highest BCUT2D eigenvalue weighted by atomic mass is 19.1. The summed E-state index contributed by atoms with van der Waals surface area (Å²) in [6, 6.07) is 12.0. The summed E-state index contributed by atoms with van der Waals surface area (Å²) in [7, 11) is 0. The molecule has 0 bridgehead atoms. The number of rotatable bonds is 4. The van der Waals surface area contributed by atoms with Gasteiger partial charge in [-0.05, 0) is 36.6 Å². The maximum atomic E-state index is 13.7. The molecule has 1 nitrogen and oxygen atoms in total. The zero-order valence-corrected chi connectivity index (χ0v) is 11.4. The van der Waals surface area contributed by atoms with Gasteiger partial charge in [0.25, 0.3) is 0 Å². The van der Waals surface area contributed by atoms with Gasteiger partial charge in [-0.15, -0.1) is 0 Å². The lowest BCUT2D eigenvalue weighted by Gasteiger charge is -2.31. The van der Waals surface area contributed by atoms with Gasteiger partial charge in [-0.3, -0.25) is 0 Å². The van der Waals surface area contributed by atoms with Gasteiger partial charge in [0.05, 0.1) is 0 Å². The minimum absolute atomic E-state index is 0.125. The fourth-order valence-electron chi connectivity index (χ4n) is 2.89. The minimum atomic E-state index is -0.487. The molecule has 2 aromatic carbocycles. The molecule has 0 fully saturated rings. The standard InChI is InChI=1S/C17H17F2N/c1-11(17-15(18)7-4-8-16(17)19)20-10-13-9-12-5-2-3-6-14(12)13/h2-8,11,13,20H,9-10H2,1H3. The van der Waals surface area contributed by atoms with Crippen molar-refractivity contribution in [3.8, 4) is 0 Å². The summed E-state index contributed by atoms with van der Waals surface area (Å²) in [4.78, 5) is 0. The van der Waals surface area contributed by atoms with E-state index in [-0.39, 0.29) is 11.6 Å². The molecule has 0 saturated carbocycles. The largest absolute Gasteiger partial charge is 0.309 e. The molecule has 2 atom stereocenters. The lowest BCUT2D eigenvalue weighted by atomic mass is 9.77. The fourth-order valence-corrected chi connectivity index (χ4v) is 2.89. The molecule has 0 radical (unpaired) electrons. The molecule has 0 amide bonds. The van der Waals surface area contributed by atoms with E-state index in [2.05, 4.69) is 17.4 Å². The molecule has 0 saturated heterocycles. The van der Waals surface area contributed by atoms with Gasteiger partial charge in [0.1, 0.15) is 11.6 Å². The molecule has 2 unspecified atom stereocenters. The zero-order chi connectivity index (χ0) is 14.1. The molecule has 3 heteroatoms. The molecule has 1 aliphatic rings. The van der Waals surface area contributed by atoms with Gasteiger partial charge in [-0.1, -0.05) is 30.3 Å². The Bertz CT molecular complexity index is 604. The van der Waals surface area contributed by atoms with Crippen LogP contribution in [0.2, 0.25) is 0 Å². The predicted molar refractivity (Wildman–Crippen MR) is 75.7 cm³/mol. The molecular formula is C17H17F2N. The summed E-state index contributed by atoms with van der Waals surface area (Å²) in [5.74, 6) is -0.526. The number of nitrogens with one attached hydrogen (secondary N) is 1. The molecule has 3 rings (SSSR count). The number of hydrogen-bond acceptors (Lipinski definition) is 1. The van der Waals surface area contributed by atoms with E-state index in [1.54, 1.807) is 6.92 Å². The van der Waals surface area contributed by atoms with Crippen LogP contribution in [0.15, 0.2) is 42.5 Å². The first kappa shape index (κ1) is 13.3. The highest BCUT2D eigenvalue weighted by molar-refractivity contribution is 5.40. The van der Waals surface area contributed by atoms with Crippen molar-refractivity contribution in [3.63, 3.8) is 0 Å². The van der Waals surface area contributed by atoms with Crippen LogP contribution < -0.4 is 5.32 Å². The summed E-state index contributed by atoms with van der Waals surface area (Å²) in [6.07, 6.45) is 1.04. The van der Waals surface area contributed by atoms with Crippen molar-refractivity contribution in [1.82, 2.24) is 5.32 Å². The molecule has 0 aromatic heterocycles. The Balaban J connectivity index is 1.65. The summed E-state index contributed by atoms with van der Waals surface area (Å²) in [5.41, 5.74) is 2.85. The van der Waals surface area contributed by atoms with Crippen LogP contribution in [-0.4, -0.2) is 6.54 Å². The third-order valence-corrected chi connectivity index (χ3v) is 4.06. The van der Waals surface area contributed by atoms with Gasteiger partial charge in [0.2, 0.25) is 0 Å². The number of hydrogen-bond donors (Lipinski definition) is 1. The summed E-state index contributed by atoms with van der Waals surface area (Å²) in [5, 5.41) is 3.24. The molecule has 20 heavy (non-hydrogen) atoms. The van der Waals surface area contributed by atoms with E-state index in [1.807, 2.05) is 12.1 Å². The van der Waals surface area contributed by atoms with Crippen molar-refractivity contribution in [2.75, 3.05) is 6.54 Å². The van der Waals surface area contributed by atoms with Crippen LogP contribution in [0.25, 0.3) is 0 Å². The highest BCUT2D eigenvalue weighted by Crippen LogP contribution is 2.34. The van der Waals surface area contributed by atoms with Crippen molar-refractivity contribution in [2.24, 2.45) is 0 Å². The third kappa shape index (κ3) is 2.34. The van der Waals surface area contributed by atoms with Crippen molar-refractivity contribution >= 4 is 0 Å². The van der Waals surface area contributed by atoms with E-state index in [1.165, 1.54) is 29.3 Å². The summed E-state index contributed by atoms with van der Waals surface area (Å²) < 4.78 is 27.4. The van der Waals surface area contributed by atoms with Crippen molar-refractivity contribution < 1.29 is 8.78 Å². The SMILES string of the molecule is CC(NCC1Cc2ccccc21)c1c(F)cccc1F. The van der Waals surface area contributed by atoms with E-state index < -0.39 is 11.6 Å². The smallest absolute Gasteiger partial charge is 0.130 e. The monoisotopic (exact) mass is 273 g/mol. The zero-order valence-electron chi connectivity index (χ0n) is 11.4. The maximum Gasteiger partial charge on any atom is 0.130 e. The fraction of sp³-hybridized carbons (Fsp3) is 0.294. The lowest BCUT2D eigenvalue weighted by Crippen LogP contribution is -2.31.